The highest BCUT2D eigenvalue weighted by atomic mass is 16.6. The fraction of sp³-hybridized carbons (Fsp3) is 0.381. The molecular weight excluding hydrogens is 346 g/mol. The molecule has 0 spiro atoms. The number of methoxy groups -OCH3 is 2. The van der Waals surface area contributed by atoms with Gasteiger partial charge in [0.1, 0.15) is 24.7 Å². The molecule has 3 rings (SSSR count). The summed E-state index contributed by atoms with van der Waals surface area (Å²) in [6.07, 6.45) is 0. The van der Waals surface area contributed by atoms with Crippen LogP contribution in [0.3, 0.4) is 0 Å². The summed E-state index contributed by atoms with van der Waals surface area (Å²) in [6.45, 7) is 5.20. The molecule has 0 radical (unpaired) electrons. The van der Waals surface area contributed by atoms with Crippen molar-refractivity contribution in [2.75, 3.05) is 27.4 Å². The van der Waals surface area contributed by atoms with Crippen molar-refractivity contribution in [3.63, 3.8) is 0 Å². The minimum atomic E-state index is -0.194. The van der Waals surface area contributed by atoms with Crippen molar-refractivity contribution in [2.45, 2.75) is 19.9 Å². The molecule has 144 valence electrons. The van der Waals surface area contributed by atoms with Gasteiger partial charge in [0.05, 0.1) is 20.3 Å². The van der Waals surface area contributed by atoms with Gasteiger partial charge in [0.25, 0.3) is 5.91 Å². The van der Waals surface area contributed by atoms with Crippen LogP contribution in [0.15, 0.2) is 36.4 Å². The Bertz CT molecular complexity index is 796. The van der Waals surface area contributed by atoms with E-state index in [0.29, 0.717) is 36.0 Å². The van der Waals surface area contributed by atoms with Crippen molar-refractivity contribution in [3.05, 3.63) is 47.5 Å². The van der Waals surface area contributed by atoms with E-state index in [0.717, 1.165) is 11.3 Å². The molecule has 1 atom stereocenters. The van der Waals surface area contributed by atoms with Gasteiger partial charge in [-0.05, 0) is 35.7 Å². The molecule has 0 aromatic heterocycles. The second-order valence-corrected chi connectivity index (χ2v) is 6.70. The molecule has 6 nitrogen and oxygen atoms in total. The third-order valence-electron chi connectivity index (χ3n) is 4.49. The number of hydrogen-bond acceptors (Lipinski definition) is 5. The Morgan fingerprint density at radius 3 is 2.19 bits per heavy atom. The van der Waals surface area contributed by atoms with Gasteiger partial charge in [-0.3, -0.25) is 4.79 Å². The van der Waals surface area contributed by atoms with Gasteiger partial charge in [-0.2, -0.15) is 0 Å². The number of ether oxygens (including phenoxy) is 4. The number of carbonyl (C=O) groups is 1. The molecule has 1 N–H and O–H groups in total. The Labute approximate surface area is 159 Å². The van der Waals surface area contributed by atoms with Crippen LogP contribution in [-0.4, -0.2) is 33.3 Å². The minimum Gasteiger partial charge on any atom is -0.497 e. The van der Waals surface area contributed by atoms with E-state index >= 15 is 0 Å². The SMILES string of the molecule is COc1cc(OC)cc(C(=O)N[C@H](c2ccc3c(c2)OCCO3)C(C)C)c1. The minimum absolute atomic E-state index is 0.175. The highest BCUT2D eigenvalue weighted by molar-refractivity contribution is 5.95. The lowest BCUT2D eigenvalue weighted by Gasteiger charge is -2.25. The van der Waals surface area contributed by atoms with Gasteiger partial charge >= 0.3 is 0 Å². The van der Waals surface area contributed by atoms with Crippen molar-refractivity contribution >= 4 is 5.91 Å². The van der Waals surface area contributed by atoms with Gasteiger partial charge in [0.2, 0.25) is 0 Å². The van der Waals surface area contributed by atoms with E-state index in [1.165, 1.54) is 0 Å². The summed E-state index contributed by atoms with van der Waals surface area (Å²) in [4.78, 5) is 12.9. The molecule has 2 aromatic rings. The summed E-state index contributed by atoms with van der Waals surface area (Å²) in [5.74, 6) is 2.57. The van der Waals surface area contributed by atoms with Gasteiger partial charge in [-0.1, -0.05) is 19.9 Å². The highest BCUT2D eigenvalue weighted by Gasteiger charge is 2.22. The number of rotatable bonds is 6. The normalized spacial score (nSPS) is 13.8. The molecular formula is C21H25NO5. The van der Waals surface area contributed by atoms with E-state index in [1.807, 2.05) is 18.2 Å². The first kappa shape index (κ1) is 18.9. The zero-order valence-electron chi connectivity index (χ0n) is 16.1. The van der Waals surface area contributed by atoms with Gasteiger partial charge in [-0.25, -0.2) is 0 Å². The monoisotopic (exact) mass is 371 g/mol. The standard InChI is InChI=1S/C21H25NO5/c1-13(2)20(14-5-6-18-19(11-14)27-8-7-26-18)22-21(23)15-9-16(24-3)12-17(10-15)25-4/h5-6,9-13,20H,7-8H2,1-4H3,(H,22,23)/t20-/m0/s1. The molecule has 0 saturated heterocycles. The summed E-state index contributed by atoms with van der Waals surface area (Å²) in [7, 11) is 3.12. The van der Waals surface area contributed by atoms with E-state index < -0.39 is 0 Å². The van der Waals surface area contributed by atoms with Gasteiger partial charge in [0, 0.05) is 11.6 Å². The average molecular weight is 371 g/mol. The molecule has 2 aromatic carbocycles. The lowest BCUT2D eigenvalue weighted by Crippen LogP contribution is -2.32. The van der Waals surface area contributed by atoms with Crippen LogP contribution in [0, 0.1) is 5.92 Å². The lowest BCUT2D eigenvalue weighted by atomic mass is 9.95. The van der Waals surface area contributed by atoms with Crippen molar-refractivity contribution in [1.29, 1.82) is 0 Å². The Hall–Kier alpha value is -2.89. The van der Waals surface area contributed by atoms with Gasteiger partial charge < -0.3 is 24.3 Å². The molecule has 1 aliphatic rings. The molecule has 1 aliphatic heterocycles. The highest BCUT2D eigenvalue weighted by Crippen LogP contribution is 2.34. The molecule has 27 heavy (non-hydrogen) atoms. The maximum absolute atomic E-state index is 12.9. The van der Waals surface area contributed by atoms with Crippen molar-refractivity contribution in [1.82, 2.24) is 5.32 Å². The second kappa shape index (κ2) is 8.20. The van der Waals surface area contributed by atoms with Crippen LogP contribution in [0.4, 0.5) is 0 Å². The molecule has 0 bridgehead atoms. The third-order valence-corrected chi connectivity index (χ3v) is 4.49. The van der Waals surface area contributed by atoms with Crippen molar-refractivity contribution in [2.24, 2.45) is 5.92 Å². The number of fused-ring (bicyclic) bond motifs is 1. The zero-order chi connectivity index (χ0) is 19.4. The Morgan fingerprint density at radius 1 is 0.963 bits per heavy atom. The van der Waals surface area contributed by atoms with Gasteiger partial charge in [0.15, 0.2) is 11.5 Å². The second-order valence-electron chi connectivity index (χ2n) is 6.70. The molecule has 0 fully saturated rings. The summed E-state index contributed by atoms with van der Waals surface area (Å²) in [5.41, 5.74) is 1.45. The smallest absolute Gasteiger partial charge is 0.252 e. The van der Waals surface area contributed by atoms with E-state index in [4.69, 9.17) is 18.9 Å². The summed E-state index contributed by atoms with van der Waals surface area (Å²) in [6, 6.07) is 10.7. The average Bonchev–Trinajstić information content (AvgIpc) is 2.70. The van der Waals surface area contributed by atoms with E-state index in [1.54, 1.807) is 32.4 Å². The van der Waals surface area contributed by atoms with Crippen molar-refractivity contribution in [3.8, 4) is 23.0 Å². The number of hydrogen-bond donors (Lipinski definition) is 1. The number of nitrogens with one attached hydrogen (secondary N) is 1. The third kappa shape index (κ3) is 4.27. The Balaban J connectivity index is 1.85. The predicted octanol–water partition coefficient (Wildman–Crippen LogP) is 3.60. The van der Waals surface area contributed by atoms with E-state index in [-0.39, 0.29) is 17.9 Å². The van der Waals surface area contributed by atoms with Gasteiger partial charge in [-0.15, -0.1) is 0 Å². The largest absolute Gasteiger partial charge is 0.497 e. The fourth-order valence-corrected chi connectivity index (χ4v) is 3.05. The number of amides is 1. The summed E-state index contributed by atoms with van der Waals surface area (Å²) >= 11 is 0. The van der Waals surface area contributed by atoms with Crippen LogP contribution in [0.25, 0.3) is 0 Å². The first-order chi connectivity index (χ1) is 13.0. The Morgan fingerprint density at radius 2 is 1.59 bits per heavy atom. The first-order valence-corrected chi connectivity index (χ1v) is 8.95. The zero-order valence-corrected chi connectivity index (χ0v) is 16.1. The van der Waals surface area contributed by atoms with Crippen LogP contribution in [0.2, 0.25) is 0 Å². The predicted molar refractivity (Wildman–Crippen MR) is 102 cm³/mol. The maximum atomic E-state index is 12.9. The lowest BCUT2D eigenvalue weighted by molar-refractivity contribution is 0.0924. The number of benzene rings is 2. The molecule has 1 amide bonds. The topological polar surface area (TPSA) is 66.0 Å². The first-order valence-electron chi connectivity index (χ1n) is 8.95. The summed E-state index contributed by atoms with van der Waals surface area (Å²) in [5, 5.41) is 3.11. The van der Waals surface area contributed by atoms with Crippen LogP contribution in [-0.2, 0) is 0 Å². The fourth-order valence-electron chi connectivity index (χ4n) is 3.05. The van der Waals surface area contributed by atoms with Crippen LogP contribution in [0.1, 0.15) is 35.8 Å². The molecule has 0 aliphatic carbocycles. The van der Waals surface area contributed by atoms with E-state index in [2.05, 4.69) is 19.2 Å². The quantitative estimate of drug-likeness (QED) is 0.840. The molecule has 1 heterocycles. The molecule has 0 saturated carbocycles. The number of carbonyl (C=O) groups excluding carboxylic acids is 1. The van der Waals surface area contributed by atoms with Crippen LogP contribution < -0.4 is 24.3 Å². The summed E-state index contributed by atoms with van der Waals surface area (Å²) < 4.78 is 21.8. The van der Waals surface area contributed by atoms with Crippen LogP contribution >= 0.6 is 0 Å². The van der Waals surface area contributed by atoms with Crippen LogP contribution in [0.5, 0.6) is 23.0 Å². The van der Waals surface area contributed by atoms with E-state index in [9.17, 15) is 4.79 Å². The molecule has 0 unspecified atom stereocenters. The molecule has 6 heteroatoms. The van der Waals surface area contributed by atoms with Crippen molar-refractivity contribution < 1.29 is 23.7 Å². The Kier molecular flexibility index (Phi) is 5.74. The maximum Gasteiger partial charge on any atom is 0.252 e.